The maximum Gasteiger partial charge on any atom is 0.222 e. The fourth-order valence-electron chi connectivity index (χ4n) is 2.47. The van der Waals surface area contributed by atoms with Crippen molar-refractivity contribution in [3.8, 4) is 0 Å². The molecular weight excluding hydrogens is 272 g/mol. The molecule has 1 aliphatic heterocycles. The molecule has 20 heavy (non-hydrogen) atoms. The molecule has 1 aromatic rings. The Bertz CT molecular complexity index is 463. The zero-order chi connectivity index (χ0) is 14.5. The molecule has 0 aromatic carbocycles. The number of nitrogens with zero attached hydrogens (tertiary/aromatic N) is 3. The van der Waals surface area contributed by atoms with Gasteiger partial charge in [0.25, 0.3) is 0 Å². The maximum atomic E-state index is 12.2. The van der Waals surface area contributed by atoms with Crippen LogP contribution in [0, 0.1) is 13.8 Å². The van der Waals surface area contributed by atoms with Gasteiger partial charge in [-0.1, -0.05) is 11.8 Å². The Morgan fingerprint density at radius 3 is 2.40 bits per heavy atom. The summed E-state index contributed by atoms with van der Waals surface area (Å²) in [6, 6.07) is 0. The van der Waals surface area contributed by atoms with E-state index in [1.165, 1.54) is 0 Å². The van der Waals surface area contributed by atoms with Gasteiger partial charge in [0.15, 0.2) is 5.16 Å². The van der Waals surface area contributed by atoms with Crippen LogP contribution in [0.2, 0.25) is 0 Å². The summed E-state index contributed by atoms with van der Waals surface area (Å²) in [5.74, 6) is 0.235. The van der Waals surface area contributed by atoms with Crippen molar-refractivity contribution < 1.29 is 4.79 Å². The first-order valence-electron chi connectivity index (χ1n) is 6.98. The Balaban J connectivity index is 1.98. The van der Waals surface area contributed by atoms with Gasteiger partial charge >= 0.3 is 0 Å². The molecule has 0 unspecified atom stereocenters. The minimum Gasteiger partial charge on any atom is -0.340 e. The topological polar surface area (TPSA) is 58.1 Å². The van der Waals surface area contributed by atoms with Crippen LogP contribution in [0.1, 0.15) is 23.4 Å². The van der Waals surface area contributed by atoms with E-state index in [4.69, 9.17) is 0 Å². The molecule has 1 fully saturated rings. The van der Waals surface area contributed by atoms with Crippen LogP contribution in [0.5, 0.6) is 0 Å². The number of hydrogen-bond donors (Lipinski definition) is 1. The molecule has 1 aromatic heterocycles. The minimum absolute atomic E-state index is 0.235. The highest BCUT2D eigenvalue weighted by atomic mass is 32.2. The minimum atomic E-state index is 0.235. The van der Waals surface area contributed by atoms with Crippen molar-refractivity contribution in [2.45, 2.75) is 31.8 Å². The average Bonchev–Trinajstić information content (AvgIpc) is 2.46. The second-order valence-corrected chi connectivity index (χ2v) is 5.76. The third-order valence-corrected chi connectivity index (χ3v) is 4.19. The molecule has 1 aliphatic rings. The number of hydrogen-bond acceptors (Lipinski definition) is 5. The molecule has 5 nitrogen and oxygen atoms in total. The first-order chi connectivity index (χ1) is 9.61. The van der Waals surface area contributed by atoms with Gasteiger partial charge in [0.1, 0.15) is 0 Å². The fourth-order valence-corrected chi connectivity index (χ4v) is 2.92. The van der Waals surface area contributed by atoms with E-state index in [1.807, 2.05) is 25.0 Å². The molecule has 110 valence electrons. The zero-order valence-corrected chi connectivity index (χ0v) is 13.2. The van der Waals surface area contributed by atoms with Crippen LogP contribution in [0.4, 0.5) is 0 Å². The molecule has 6 heteroatoms. The Labute approximate surface area is 124 Å². The van der Waals surface area contributed by atoms with Gasteiger partial charge in [-0.3, -0.25) is 4.79 Å². The number of carbonyl (C=O) groups excluding carboxylic acids is 1. The quantitative estimate of drug-likeness (QED) is 0.667. The first-order valence-corrected chi connectivity index (χ1v) is 8.21. The van der Waals surface area contributed by atoms with Crippen LogP contribution in [-0.4, -0.2) is 53.2 Å². The van der Waals surface area contributed by atoms with Crippen molar-refractivity contribution in [3.63, 3.8) is 0 Å². The summed E-state index contributed by atoms with van der Waals surface area (Å²) in [7, 11) is 0. The normalized spacial score (nSPS) is 15.4. The summed E-state index contributed by atoms with van der Waals surface area (Å²) in [4.78, 5) is 23.0. The highest BCUT2D eigenvalue weighted by Gasteiger charge is 2.17. The Kier molecular flexibility index (Phi) is 5.37. The molecule has 0 atom stereocenters. The van der Waals surface area contributed by atoms with Crippen LogP contribution in [0.25, 0.3) is 0 Å². The number of aromatic nitrogens is 2. The van der Waals surface area contributed by atoms with Crippen molar-refractivity contribution >= 4 is 17.7 Å². The summed E-state index contributed by atoms with van der Waals surface area (Å²) >= 11 is 1.55. The van der Waals surface area contributed by atoms with Gasteiger partial charge in [0, 0.05) is 44.0 Å². The molecule has 1 N–H and O–H groups in total. The molecule has 2 rings (SSSR count). The van der Waals surface area contributed by atoms with Crippen LogP contribution >= 0.6 is 11.8 Å². The summed E-state index contributed by atoms with van der Waals surface area (Å²) < 4.78 is 0. The summed E-state index contributed by atoms with van der Waals surface area (Å²) in [6.07, 6.45) is 3.25. The number of piperazine rings is 1. The molecule has 0 saturated carbocycles. The van der Waals surface area contributed by atoms with Crippen LogP contribution in [0.3, 0.4) is 0 Å². The van der Waals surface area contributed by atoms with Gasteiger partial charge in [-0.25, -0.2) is 9.97 Å². The maximum absolute atomic E-state index is 12.2. The second-order valence-electron chi connectivity index (χ2n) is 4.99. The van der Waals surface area contributed by atoms with E-state index in [-0.39, 0.29) is 5.91 Å². The molecule has 0 spiro atoms. The number of thioether (sulfide) groups is 1. The molecule has 2 heterocycles. The van der Waals surface area contributed by atoms with Gasteiger partial charge in [0.2, 0.25) is 5.91 Å². The van der Waals surface area contributed by atoms with E-state index in [9.17, 15) is 4.79 Å². The van der Waals surface area contributed by atoms with Gasteiger partial charge in [-0.15, -0.1) is 0 Å². The van der Waals surface area contributed by atoms with Crippen molar-refractivity contribution in [1.82, 2.24) is 20.2 Å². The number of aryl methyl sites for hydroxylation is 2. The van der Waals surface area contributed by atoms with Crippen LogP contribution in [0.15, 0.2) is 5.16 Å². The van der Waals surface area contributed by atoms with Crippen LogP contribution in [-0.2, 0) is 11.2 Å². The smallest absolute Gasteiger partial charge is 0.222 e. The lowest BCUT2D eigenvalue weighted by Crippen LogP contribution is -2.46. The van der Waals surface area contributed by atoms with Gasteiger partial charge in [-0.05, 0) is 32.1 Å². The standard InChI is InChI=1S/C14H22N4OS/c1-10-12(11(2)17-14(16-10)20-3)4-5-13(19)18-8-6-15-7-9-18/h15H,4-9H2,1-3H3. The molecule has 0 aliphatic carbocycles. The van der Waals surface area contributed by atoms with Crippen molar-refractivity contribution in [1.29, 1.82) is 0 Å². The van der Waals surface area contributed by atoms with E-state index in [0.29, 0.717) is 6.42 Å². The SMILES string of the molecule is CSc1nc(C)c(CCC(=O)N2CCNCC2)c(C)n1. The van der Waals surface area contributed by atoms with Crippen molar-refractivity contribution in [3.05, 3.63) is 17.0 Å². The number of nitrogens with one attached hydrogen (secondary N) is 1. The van der Waals surface area contributed by atoms with E-state index >= 15 is 0 Å². The lowest BCUT2D eigenvalue weighted by Gasteiger charge is -2.27. The van der Waals surface area contributed by atoms with E-state index in [0.717, 1.165) is 54.7 Å². The summed E-state index contributed by atoms with van der Waals surface area (Å²) in [5, 5.41) is 4.06. The third-order valence-electron chi connectivity index (χ3n) is 3.64. The second kappa shape index (κ2) is 7.04. The number of carbonyl (C=O) groups is 1. The van der Waals surface area contributed by atoms with Gasteiger partial charge in [0.05, 0.1) is 0 Å². The van der Waals surface area contributed by atoms with E-state index < -0.39 is 0 Å². The predicted octanol–water partition coefficient (Wildman–Crippen LogP) is 1.18. The molecule has 1 saturated heterocycles. The largest absolute Gasteiger partial charge is 0.340 e. The Morgan fingerprint density at radius 2 is 1.85 bits per heavy atom. The number of rotatable bonds is 4. The lowest BCUT2D eigenvalue weighted by atomic mass is 10.1. The summed E-state index contributed by atoms with van der Waals surface area (Å²) in [6.45, 7) is 7.43. The highest BCUT2D eigenvalue weighted by Crippen LogP contribution is 2.17. The molecule has 0 radical (unpaired) electrons. The molecule has 0 bridgehead atoms. The zero-order valence-electron chi connectivity index (χ0n) is 12.4. The van der Waals surface area contributed by atoms with E-state index in [2.05, 4.69) is 15.3 Å². The van der Waals surface area contributed by atoms with Gasteiger partial charge in [-0.2, -0.15) is 0 Å². The Hall–Kier alpha value is -1.14. The molecular formula is C14H22N4OS. The van der Waals surface area contributed by atoms with Crippen molar-refractivity contribution in [2.24, 2.45) is 0 Å². The van der Waals surface area contributed by atoms with Crippen LogP contribution < -0.4 is 5.32 Å². The van der Waals surface area contributed by atoms with E-state index in [1.54, 1.807) is 11.8 Å². The molecule has 1 amide bonds. The monoisotopic (exact) mass is 294 g/mol. The number of amides is 1. The summed E-state index contributed by atoms with van der Waals surface area (Å²) in [5.41, 5.74) is 3.11. The predicted molar refractivity (Wildman–Crippen MR) is 81.1 cm³/mol. The van der Waals surface area contributed by atoms with Gasteiger partial charge < -0.3 is 10.2 Å². The third kappa shape index (κ3) is 3.70. The Morgan fingerprint density at radius 1 is 1.25 bits per heavy atom. The highest BCUT2D eigenvalue weighted by molar-refractivity contribution is 7.98. The lowest BCUT2D eigenvalue weighted by molar-refractivity contribution is -0.131. The average molecular weight is 294 g/mol. The first kappa shape index (κ1) is 15.3. The van der Waals surface area contributed by atoms with Crippen molar-refractivity contribution in [2.75, 3.05) is 32.4 Å². The fraction of sp³-hybridized carbons (Fsp3) is 0.643.